The van der Waals surface area contributed by atoms with Crippen molar-refractivity contribution in [1.82, 2.24) is 15.2 Å². The first-order valence-corrected chi connectivity index (χ1v) is 10.1. The Labute approximate surface area is 183 Å². The Hall–Kier alpha value is -3.13. The Morgan fingerprint density at radius 3 is 2.43 bits per heavy atom. The van der Waals surface area contributed by atoms with Crippen LogP contribution in [0.3, 0.4) is 0 Å². The van der Waals surface area contributed by atoms with Gasteiger partial charge in [-0.05, 0) is 59.6 Å². The molecule has 2 aromatic carbocycles. The molecule has 7 nitrogen and oxygen atoms in total. The summed E-state index contributed by atoms with van der Waals surface area (Å²) in [5, 5.41) is 8.51. The molecule has 0 bridgehead atoms. The normalized spacial score (nSPS) is 11.0. The summed E-state index contributed by atoms with van der Waals surface area (Å²) in [4.78, 5) is 12.4. The fourth-order valence-electron chi connectivity index (χ4n) is 2.98. The van der Waals surface area contributed by atoms with Crippen molar-refractivity contribution in [3.05, 3.63) is 75.0 Å². The Bertz CT molecular complexity index is 1070. The van der Waals surface area contributed by atoms with Crippen LogP contribution in [0.2, 0.25) is 0 Å². The van der Waals surface area contributed by atoms with E-state index in [1.165, 1.54) is 6.21 Å². The first kappa shape index (κ1) is 21.6. The SMILES string of the molecule is COc1cc(OC)c(/C=N\NC(=O)c2ccc(Cn3nc(C)cc3C)cc2)cc1Br. The largest absolute Gasteiger partial charge is 0.496 e. The molecule has 0 saturated carbocycles. The molecule has 1 N–H and O–H groups in total. The van der Waals surface area contributed by atoms with Crippen molar-refractivity contribution in [2.75, 3.05) is 14.2 Å². The van der Waals surface area contributed by atoms with E-state index < -0.39 is 0 Å². The minimum Gasteiger partial charge on any atom is -0.496 e. The van der Waals surface area contributed by atoms with Gasteiger partial charge in [0.2, 0.25) is 0 Å². The number of nitrogens with one attached hydrogen (secondary N) is 1. The molecule has 0 aliphatic rings. The van der Waals surface area contributed by atoms with Gasteiger partial charge < -0.3 is 9.47 Å². The van der Waals surface area contributed by atoms with Crippen LogP contribution < -0.4 is 14.9 Å². The molecule has 0 spiro atoms. The summed E-state index contributed by atoms with van der Waals surface area (Å²) in [6.45, 7) is 4.65. The highest BCUT2D eigenvalue weighted by Gasteiger charge is 2.09. The number of amides is 1. The first-order valence-electron chi connectivity index (χ1n) is 9.26. The van der Waals surface area contributed by atoms with Crippen LogP contribution in [0.25, 0.3) is 0 Å². The molecule has 156 valence electrons. The summed E-state index contributed by atoms with van der Waals surface area (Å²) in [6, 6.07) is 13.0. The summed E-state index contributed by atoms with van der Waals surface area (Å²) in [6.07, 6.45) is 1.53. The van der Waals surface area contributed by atoms with Crippen LogP contribution in [0.15, 0.2) is 52.0 Å². The van der Waals surface area contributed by atoms with Crippen LogP contribution >= 0.6 is 15.9 Å². The molecule has 0 unspecified atom stereocenters. The van der Waals surface area contributed by atoms with E-state index in [2.05, 4.69) is 31.6 Å². The number of aromatic nitrogens is 2. The highest BCUT2D eigenvalue weighted by molar-refractivity contribution is 9.10. The van der Waals surface area contributed by atoms with Gasteiger partial charge in [-0.15, -0.1) is 0 Å². The highest BCUT2D eigenvalue weighted by Crippen LogP contribution is 2.31. The van der Waals surface area contributed by atoms with Crippen molar-refractivity contribution >= 4 is 28.1 Å². The van der Waals surface area contributed by atoms with E-state index in [9.17, 15) is 4.79 Å². The maximum absolute atomic E-state index is 12.4. The topological polar surface area (TPSA) is 77.7 Å². The van der Waals surface area contributed by atoms with Crippen LogP contribution in [0.5, 0.6) is 11.5 Å². The van der Waals surface area contributed by atoms with E-state index in [4.69, 9.17) is 9.47 Å². The lowest BCUT2D eigenvalue weighted by atomic mass is 10.1. The van der Waals surface area contributed by atoms with Crippen LogP contribution in [0.4, 0.5) is 0 Å². The van der Waals surface area contributed by atoms with Crippen LogP contribution in [-0.4, -0.2) is 36.1 Å². The van der Waals surface area contributed by atoms with Gasteiger partial charge in [-0.2, -0.15) is 10.2 Å². The molecule has 8 heteroatoms. The van der Waals surface area contributed by atoms with Crippen molar-refractivity contribution in [1.29, 1.82) is 0 Å². The van der Waals surface area contributed by atoms with E-state index in [0.717, 1.165) is 21.4 Å². The molecule has 1 amide bonds. The summed E-state index contributed by atoms with van der Waals surface area (Å²) < 4.78 is 13.3. The van der Waals surface area contributed by atoms with E-state index in [-0.39, 0.29) is 5.91 Å². The van der Waals surface area contributed by atoms with E-state index in [0.29, 0.717) is 29.2 Å². The number of halogens is 1. The summed E-state index contributed by atoms with van der Waals surface area (Å²) in [5.74, 6) is 0.936. The molecular formula is C22H23BrN4O3. The van der Waals surface area contributed by atoms with E-state index >= 15 is 0 Å². The quantitative estimate of drug-likeness (QED) is 0.416. The lowest BCUT2D eigenvalue weighted by molar-refractivity contribution is 0.0955. The Morgan fingerprint density at radius 1 is 1.13 bits per heavy atom. The zero-order valence-electron chi connectivity index (χ0n) is 17.3. The predicted octanol–water partition coefficient (Wildman–Crippen LogP) is 4.09. The average molecular weight is 471 g/mol. The minimum atomic E-state index is -0.296. The van der Waals surface area contributed by atoms with Crippen molar-refractivity contribution in [2.24, 2.45) is 5.10 Å². The lowest BCUT2D eigenvalue weighted by Crippen LogP contribution is -2.17. The van der Waals surface area contributed by atoms with Crippen molar-refractivity contribution in [2.45, 2.75) is 20.4 Å². The predicted molar refractivity (Wildman–Crippen MR) is 120 cm³/mol. The van der Waals surface area contributed by atoms with Crippen molar-refractivity contribution in [3.8, 4) is 11.5 Å². The van der Waals surface area contributed by atoms with Gasteiger partial charge >= 0.3 is 0 Å². The highest BCUT2D eigenvalue weighted by atomic mass is 79.9. The Balaban J connectivity index is 1.65. The molecule has 3 rings (SSSR count). The molecule has 30 heavy (non-hydrogen) atoms. The molecule has 0 aliphatic carbocycles. The molecule has 0 radical (unpaired) electrons. The number of carbonyl (C=O) groups is 1. The van der Waals surface area contributed by atoms with Crippen molar-refractivity contribution < 1.29 is 14.3 Å². The summed E-state index contributed by atoms with van der Waals surface area (Å²) in [5.41, 5.74) is 6.91. The third kappa shape index (κ3) is 5.07. The van der Waals surface area contributed by atoms with Gasteiger partial charge in [-0.3, -0.25) is 9.48 Å². The molecule has 0 aliphatic heterocycles. The number of nitrogens with zero attached hydrogens (tertiary/aromatic N) is 3. The summed E-state index contributed by atoms with van der Waals surface area (Å²) in [7, 11) is 3.14. The van der Waals surface area contributed by atoms with Crippen molar-refractivity contribution in [3.63, 3.8) is 0 Å². The zero-order chi connectivity index (χ0) is 21.7. The molecule has 3 aromatic rings. The van der Waals surface area contributed by atoms with Gasteiger partial charge in [-0.1, -0.05) is 12.1 Å². The maximum Gasteiger partial charge on any atom is 0.271 e. The Morgan fingerprint density at radius 2 is 1.83 bits per heavy atom. The third-order valence-electron chi connectivity index (χ3n) is 4.53. The number of benzene rings is 2. The number of rotatable bonds is 7. The fourth-order valence-corrected chi connectivity index (χ4v) is 3.50. The first-order chi connectivity index (χ1) is 14.4. The lowest BCUT2D eigenvalue weighted by Gasteiger charge is -2.09. The number of hydrogen-bond donors (Lipinski definition) is 1. The fraction of sp³-hybridized carbons (Fsp3) is 0.227. The number of hydrazone groups is 1. The standard InChI is InChI=1S/C22H23BrN4O3/c1-14-9-15(2)27(26-14)13-16-5-7-17(8-6-16)22(28)25-24-12-18-10-19(23)21(30-4)11-20(18)29-3/h5-12H,13H2,1-4H3,(H,25,28)/b24-12-. The smallest absolute Gasteiger partial charge is 0.271 e. The van der Waals surface area contributed by atoms with Gasteiger partial charge in [0, 0.05) is 22.9 Å². The maximum atomic E-state index is 12.4. The zero-order valence-corrected chi connectivity index (χ0v) is 18.9. The number of methoxy groups -OCH3 is 2. The second-order valence-corrected chi connectivity index (χ2v) is 7.56. The van der Waals surface area contributed by atoms with Crippen LogP contribution in [0.1, 0.15) is 32.9 Å². The number of ether oxygens (including phenoxy) is 2. The van der Waals surface area contributed by atoms with Gasteiger partial charge in [0.25, 0.3) is 5.91 Å². The minimum absolute atomic E-state index is 0.296. The molecule has 1 aromatic heterocycles. The molecule has 0 atom stereocenters. The Kier molecular flexibility index (Phi) is 6.89. The van der Waals surface area contributed by atoms with Gasteiger partial charge in [0.1, 0.15) is 11.5 Å². The molecular weight excluding hydrogens is 448 g/mol. The molecule has 0 fully saturated rings. The molecule has 1 heterocycles. The van der Waals surface area contributed by atoms with E-state index in [1.807, 2.05) is 36.7 Å². The monoisotopic (exact) mass is 470 g/mol. The molecule has 0 saturated heterocycles. The van der Waals surface area contributed by atoms with Gasteiger partial charge in [0.15, 0.2) is 0 Å². The van der Waals surface area contributed by atoms with E-state index in [1.54, 1.807) is 38.5 Å². The number of aryl methyl sites for hydroxylation is 2. The summed E-state index contributed by atoms with van der Waals surface area (Å²) >= 11 is 3.43. The van der Waals surface area contributed by atoms with Crippen LogP contribution in [-0.2, 0) is 6.54 Å². The second-order valence-electron chi connectivity index (χ2n) is 6.71. The van der Waals surface area contributed by atoms with Gasteiger partial charge in [-0.25, -0.2) is 5.43 Å². The second kappa shape index (κ2) is 9.58. The average Bonchev–Trinajstić information content (AvgIpc) is 3.05. The number of hydrogen-bond acceptors (Lipinski definition) is 5. The number of carbonyl (C=O) groups excluding carboxylic acids is 1. The third-order valence-corrected chi connectivity index (χ3v) is 5.15. The van der Waals surface area contributed by atoms with Crippen LogP contribution in [0, 0.1) is 13.8 Å². The van der Waals surface area contributed by atoms with Gasteiger partial charge in [0.05, 0.1) is 37.1 Å².